The third-order valence-electron chi connectivity index (χ3n) is 3.97. The maximum atomic E-state index is 12.2. The van der Waals surface area contributed by atoms with Gasteiger partial charge in [0.1, 0.15) is 11.7 Å². The summed E-state index contributed by atoms with van der Waals surface area (Å²) in [5.74, 6) is -4.58. The Morgan fingerprint density at radius 1 is 1.00 bits per heavy atom. The molecule has 35 heavy (non-hydrogen) atoms. The van der Waals surface area contributed by atoms with Crippen LogP contribution in [-0.2, 0) is 19.2 Å². The third-order valence-corrected chi connectivity index (χ3v) is 3.97. The van der Waals surface area contributed by atoms with Gasteiger partial charge in [-0.05, 0) is 39.6 Å². The lowest BCUT2D eigenvalue weighted by atomic mass is 10.2. The minimum Gasteiger partial charge on any atom is -0.478 e. The van der Waals surface area contributed by atoms with Crippen LogP contribution in [0.4, 0.5) is 0 Å². The average molecular weight is 495 g/mol. The number of carboxylic acids is 4. The fourth-order valence-corrected chi connectivity index (χ4v) is 2.41. The third kappa shape index (κ3) is 14.5. The molecule has 1 aliphatic heterocycles. The van der Waals surface area contributed by atoms with Gasteiger partial charge in [-0.15, -0.1) is 0 Å². The number of ether oxygens (including phenoxy) is 1. The minimum atomic E-state index is -1.26. The fourth-order valence-electron chi connectivity index (χ4n) is 2.41. The molecule has 0 spiro atoms. The van der Waals surface area contributed by atoms with Crippen LogP contribution in [0.1, 0.15) is 22.5 Å². The number of hydrogen-bond donors (Lipinski definition) is 4. The monoisotopic (exact) mass is 495 g/mol. The van der Waals surface area contributed by atoms with Crippen molar-refractivity contribution < 1.29 is 49.1 Å². The molecule has 1 unspecified atom stereocenters. The molecule has 0 saturated carbocycles. The van der Waals surface area contributed by atoms with Crippen LogP contribution in [0.3, 0.4) is 0 Å². The highest BCUT2D eigenvalue weighted by atomic mass is 16.5. The van der Waals surface area contributed by atoms with Crippen molar-refractivity contribution in [1.82, 2.24) is 14.8 Å². The number of amides is 1. The van der Waals surface area contributed by atoms with Gasteiger partial charge < -0.3 is 35.0 Å². The first kappa shape index (κ1) is 30.7. The summed E-state index contributed by atoms with van der Waals surface area (Å²) in [7, 11) is 5.87. The standard InChI is InChI=1S/C14H21N3O2.2C4H4O4/c1-10-5-6-12-13(15-10)19-11(7-8-16(2)3)9-17(4)14(12)18;2*5-3(6)1-2-4(7)8/h5-6,11H,7-9H2,1-4H3;2*1-2H,(H,5,6)(H,7,8). The Labute approximate surface area is 201 Å². The quantitative estimate of drug-likeness (QED) is 0.385. The molecule has 2 heterocycles. The SMILES string of the molecule is Cc1ccc2c(n1)OC(CCN(C)C)CN(C)C2=O.O=C(O)C=CC(=O)O.O=C(O)C=CC(=O)O. The molecule has 0 fully saturated rings. The molecular weight excluding hydrogens is 466 g/mol. The molecular formula is C22H29N3O10. The fraction of sp³-hybridized carbons (Fsp3) is 0.364. The number of likely N-dealkylation sites (N-methyl/N-ethyl adjacent to an activating group) is 1. The highest BCUT2D eigenvalue weighted by Gasteiger charge is 2.27. The minimum absolute atomic E-state index is 0.00750. The van der Waals surface area contributed by atoms with Gasteiger partial charge in [0.05, 0.1) is 6.54 Å². The number of fused-ring (bicyclic) bond motifs is 1. The van der Waals surface area contributed by atoms with Crippen molar-refractivity contribution in [3.63, 3.8) is 0 Å². The van der Waals surface area contributed by atoms with E-state index in [9.17, 15) is 24.0 Å². The summed E-state index contributed by atoms with van der Waals surface area (Å²) in [5.41, 5.74) is 1.42. The van der Waals surface area contributed by atoms with Crippen molar-refractivity contribution in [1.29, 1.82) is 0 Å². The van der Waals surface area contributed by atoms with Crippen molar-refractivity contribution in [2.24, 2.45) is 0 Å². The summed E-state index contributed by atoms with van der Waals surface area (Å²) in [5, 5.41) is 31.2. The second-order valence-electron chi connectivity index (χ2n) is 7.34. The van der Waals surface area contributed by atoms with Crippen molar-refractivity contribution in [3.8, 4) is 5.88 Å². The molecule has 0 radical (unpaired) electrons. The number of aliphatic carboxylic acids is 4. The number of carbonyl (C=O) groups is 5. The Bertz CT molecular complexity index is 906. The molecule has 0 bridgehead atoms. The van der Waals surface area contributed by atoms with E-state index in [0.717, 1.165) is 18.7 Å². The Balaban J connectivity index is 0.000000601. The summed E-state index contributed by atoms with van der Waals surface area (Å²) in [4.78, 5) is 58.6. The molecule has 1 atom stereocenters. The zero-order chi connectivity index (χ0) is 27.1. The number of carboxylic acid groups (broad SMARTS) is 4. The average Bonchev–Trinajstić information content (AvgIpc) is 2.86. The van der Waals surface area contributed by atoms with E-state index in [1.54, 1.807) is 11.0 Å². The zero-order valence-electron chi connectivity index (χ0n) is 19.7. The van der Waals surface area contributed by atoms with E-state index in [4.69, 9.17) is 25.2 Å². The van der Waals surface area contributed by atoms with E-state index in [1.165, 1.54) is 0 Å². The van der Waals surface area contributed by atoms with Crippen molar-refractivity contribution >= 4 is 29.8 Å². The second kappa shape index (κ2) is 15.6. The molecule has 1 amide bonds. The predicted molar refractivity (Wildman–Crippen MR) is 122 cm³/mol. The lowest BCUT2D eigenvalue weighted by Gasteiger charge is -2.21. The summed E-state index contributed by atoms with van der Waals surface area (Å²) < 4.78 is 5.93. The van der Waals surface area contributed by atoms with Crippen molar-refractivity contribution in [2.75, 3.05) is 34.2 Å². The highest BCUT2D eigenvalue weighted by molar-refractivity contribution is 5.96. The van der Waals surface area contributed by atoms with Crippen LogP contribution in [0.15, 0.2) is 36.4 Å². The van der Waals surface area contributed by atoms with E-state index < -0.39 is 23.9 Å². The van der Waals surface area contributed by atoms with Crippen LogP contribution in [-0.4, -0.2) is 105 Å². The zero-order valence-corrected chi connectivity index (χ0v) is 19.7. The summed E-state index contributed by atoms with van der Waals surface area (Å²) in [6.07, 6.45) is 3.10. The van der Waals surface area contributed by atoms with Gasteiger partial charge >= 0.3 is 23.9 Å². The molecule has 4 N–H and O–H groups in total. The number of aryl methyl sites for hydroxylation is 1. The Hall–Kier alpha value is -4.26. The van der Waals surface area contributed by atoms with Gasteiger partial charge in [-0.25, -0.2) is 24.2 Å². The molecule has 0 saturated heterocycles. The molecule has 192 valence electrons. The Morgan fingerprint density at radius 3 is 1.86 bits per heavy atom. The molecule has 1 aromatic rings. The number of aromatic nitrogens is 1. The lowest BCUT2D eigenvalue weighted by molar-refractivity contribution is -0.134. The maximum Gasteiger partial charge on any atom is 0.328 e. The van der Waals surface area contributed by atoms with Gasteiger partial charge in [0, 0.05) is 43.6 Å². The van der Waals surface area contributed by atoms with E-state index in [0.29, 0.717) is 42.3 Å². The maximum absolute atomic E-state index is 12.2. The number of hydrogen-bond acceptors (Lipinski definition) is 8. The van der Waals surface area contributed by atoms with Gasteiger partial charge in [0.25, 0.3) is 5.91 Å². The van der Waals surface area contributed by atoms with Crippen molar-refractivity contribution in [3.05, 3.63) is 47.7 Å². The van der Waals surface area contributed by atoms with Gasteiger partial charge in [-0.3, -0.25) is 4.79 Å². The lowest BCUT2D eigenvalue weighted by Crippen LogP contribution is -2.35. The topological polar surface area (TPSA) is 195 Å². The van der Waals surface area contributed by atoms with E-state index in [1.807, 2.05) is 34.1 Å². The molecule has 2 rings (SSSR count). The van der Waals surface area contributed by atoms with Crippen LogP contribution < -0.4 is 4.74 Å². The summed E-state index contributed by atoms with van der Waals surface area (Å²) >= 11 is 0. The Kier molecular flexibility index (Phi) is 13.7. The van der Waals surface area contributed by atoms with Gasteiger partial charge in [0.15, 0.2) is 0 Å². The molecule has 0 aliphatic carbocycles. The highest BCUT2D eigenvalue weighted by Crippen LogP contribution is 2.23. The molecule has 13 nitrogen and oxygen atoms in total. The molecule has 1 aromatic heterocycles. The van der Waals surface area contributed by atoms with Crippen LogP contribution in [0.5, 0.6) is 5.88 Å². The van der Waals surface area contributed by atoms with Crippen molar-refractivity contribution in [2.45, 2.75) is 19.4 Å². The van der Waals surface area contributed by atoms with Crippen LogP contribution in [0.2, 0.25) is 0 Å². The largest absolute Gasteiger partial charge is 0.478 e. The normalized spacial score (nSPS) is 14.7. The summed E-state index contributed by atoms with van der Waals surface area (Å²) in [6.45, 7) is 3.42. The number of nitrogens with zero attached hydrogens (tertiary/aromatic N) is 3. The van der Waals surface area contributed by atoms with Crippen LogP contribution in [0.25, 0.3) is 0 Å². The number of pyridine rings is 1. The van der Waals surface area contributed by atoms with E-state index in [-0.39, 0.29) is 12.0 Å². The van der Waals surface area contributed by atoms with Crippen LogP contribution in [0, 0.1) is 6.92 Å². The Morgan fingerprint density at radius 2 is 1.46 bits per heavy atom. The molecule has 1 aliphatic rings. The smallest absolute Gasteiger partial charge is 0.328 e. The number of rotatable bonds is 7. The van der Waals surface area contributed by atoms with Gasteiger partial charge in [-0.2, -0.15) is 0 Å². The van der Waals surface area contributed by atoms with Gasteiger partial charge in [-0.1, -0.05) is 0 Å². The van der Waals surface area contributed by atoms with Gasteiger partial charge in [0.2, 0.25) is 5.88 Å². The molecule has 13 heteroatoms. The first-order valence-electron chi connectivity index (χ1n) is 10.0. The second-order valence-corrected chi connectivity index (χ2v) is 7.34. The summed E-state index contributed by atoms with van der Waals surface area (Å²) in [6, 6.07) is 3.64. The van der Waals surface area contributed by atoms with E-state index >= 15 is 0 Å². The predicted octanol–water partition coefficient (Wildman–Crippen LogP) is 0.598. The number of carbonyl (C=O) groups excluding carboxylic acids is 1. The van der Waals surface area contributed by atoms with E-state index in [2.05, 4.69) is 9.88 Å². The first-order chi connectivity index (χ1) is 16.2. The molecule has 0 aromatic carbocycles. The van der Waals surface area contributed by atoms with Crippen LogP contribution >= 0.6 is 0 Å². The first-order valence-corrected chi connectivity index (χ1v) is 10.0.